The molecular weight excluding hydrogens is 533 g/mol. The van der Waals surface area contributed by atoms with Gasteiger partial charge in [0.1, 0.15) is 12.6 Å². The second-order valence-electron chi connectivity index (χ2n) is 9.49. The van der Waals surface area contributed by atoms with Crippen LogP contribution < -0.4 is 9.62 Å². The van der Waals surface area contributed by atoms with E-state index in [4.69, 9.17) is 23.2 Å². The Bertz CT molecular complexity index is 1200. The van der Waals surface area contributed by atoms with Crippen LogP contribution in [-0.2, 0) is 32.6 Å². The van der Waals surface area contributed by atoms with Crippen molar-refractivity contribution < 1.29 is 18.0 Å². The molecule has 1 aliphatic rings. The molecule has 2 aromatic rings. The third-order valence-electron chi connectivity index (χ3n) is 6.83. The zero-order valence-corrected chi connectivity index (χ0v) is 23.9. The normalized spacial score (nSPS) is 15.2. The van der Waals surface area contributed by atoms with Gasteiger partial charge in [-0.15, -0.1) is 0 Å². The summed E-state index contributed by atoms with van der Waals surface area (Å²) in [4.78, 5) is 28.4. The van der Waals surface area contributed by atoms with E-state index in [0.29, 0.717) is 27.7 Å². The van der Waals surface area contributed by atoms with Crippen molar-refractivity contribution in [2.45, 2.75) is 71.0 Å². The molecule has 0 radical (unpaired) electrons. The van der Waals surface area contributed by atoms with E-state index in [1.54, 1.807) is 37.3 Å². The number of aryl methyl sites for hydroxylation is 1. The molecule has 1 aliphatic carbocycles. The van der Waals surface area contributed by atoms with Crippen molar-refractivity contribution in [1.29, 1.82) is 0 Å². The molecule has 1 unspecified atom stereocenters. The lowest BCUT2D eigenvalue weighted by Crippen LogP contribution is -2.53. The molecule has 0 saturated heterocycles. The summed E-state index contributed by atoms with van der Waals surface area (Å²) in [5.74, 6) is -0.818. The van der Waals surface area contributed by atoms with Crippen molar-refractivity contribution >= 4 is 50.7 Å². The number of para-hydroxylation sites is 1. The van der Waals surface area contributed by atoms with Gasteiger partial charge in [0.25, 0.3) is 0 Å². The molecule has 3 rings (SSSR count). The van der Waals surface area contributed by atoms with Gasteiger partial charge in [0, 0.05) is 28.2 Å². The molecule has 1 atom stereocenters. The molecule has 0 heterocycles. The first-order chi connectivity index (χ1) is 17.5. The van der Waals surface area contributed by atoms with Crippen molar-refractivity contribution in [3.8, 4) is 0 Å². The minimum atomic E-state index is -3.80. The molecule has 1 saturated carbocycles. The van der Waals surface area contributed by atoms with Gasteiger partial charge in [-0.25, -0.2) is 8.42 Å². The van der Waals surface area contributed by atoms with Crippen molar-refractivity contribution in [2.24, 2.45) is 0 Å². The summed E-state index contributed by atoms with van der Waals surface area (Å²) in [6, 6.07) is 11.3. The van der Waals surface area contributed by atoms with E-state index < -0.39 is 28.5 Å². The maximum Gasteiger partial charge on any atom is 0.244 e. The zero-order chi connectivity index (χ0) is 27.2. The second kappa shape index (κ2) is 13.0. The van der Waals surface area contributed by atoms with Crippen molar-refractivity contribution in [2.75, 3.05) is 17.1 Å². The van der Waals surface area contributed by atoms with Crippen LogP contribution in [0.15, 0.2) is 42.5 Å². The van der Waals surface area contributed by atoms with Crippen LogP contribution in [0.5, 0.6) is 0 Å². The third-order valence-corrected chi connectivity index (χ3v) is 8.66. The monoisotopic (exact) mass is 567 g/mol. The number of hydrogen-bond donors (Lipinski definition) is 1. The van der Waals surface area contributed by atoms with Crippen LogP contribution in [0.4, 0.5) is 5.69 Å². The number of benzene rings is 2. The van der Waals surface area contributed by atoms with E-state index in [1.165, 1.54) is 4.90 Å². The van der Waals surface area contributed by atoms with Gasteiger partial charge >= 0.3 is 0 Å². The average Bonchev–Trinajstić information content (AvgIpc) is 2.86. The fourth-order valence-electron chi connectivity index (χ4n) is 4.65. The minimum absolute atomic E-state index is 0.0381. The highest BCUT2D eigenvalue weighted by molar-refractivity contribution is 7.92. The van der Waals surface area contributed by atoms with Crippen LogP contribution in [0.25, 0.3) is 0 Å². The second-order valence-corrected chi connectivity index (χ2v) is 12.2. The van der Waals surface area contributed by atoms with Gasteiger partial charge in [-0.2, -0.15) is 0 Å². The number of anilines is 1. The van der Waals surface area contributed by atoms with E-state index in [-0.39, 0.29) is 18.5 Å². The maximum atomic E-state index is 13.8. The predicted molar refractivity (Wildman–Crippen MR) is 149 cm³/mol. The largest absolute Gasteiger partial charge is 0.352 e. The average molecular weight is 569 g/mol. The Labute approximate surface area is 230 Å². The van der Waals surface area contributed by atoms with Gasteiger partial charge in [-0.3, -0.25) is 13.9 Å². The Morgan fingerprint density at radius 1 is 1.03 bits per heavy atom. The quantitative estimate of drug-likeness (QED) is 0.428. The fraction of sp³-hybridized carbons (Fsp3) is 0.481. The van der Waals surface area contributed by atoms with E-state index >= 15 is 0 Å². The Hall–Kier alpha value is -2.29. The number of nitrogens with zero attached hydrogens (tertiary/aromatic N) is 2. The molecule has 202 valence electrons. The van der Waals surface area contributed by atoms with E-state index in [0.717, 1.165) is 48.2 Å². The maximum absolute atomic E-state index is 13.8. The molecule has 0 bridgehead atoms. The molecule has 1 N–H and O–H groups in total. The number of hydrogen-bond acceptors (Lipinski definition) is 4. The molecule has 37 heavy (non-hydrogen) atoms. The molecule has 1 fully saturated rings. The fourth-order valence-corrected chi connectivity index (χ4v) is 6.05. The Kier molecular flexibility index (Phi) is 10.3. The van der Waals surface area contributed by atoms with Crippen LogP contribution in [0.1, 0.15) is 57.1 Å². The summed E-state index contributed by atoms with van der Waals surface area (Å²) in [7, 11) is -3.80. The predicted octanol–water partition coefficient (Wildman–Crippen LogP) is 5.19. The summed E-state index contributed by atoms with van der Waals surface area (Å²) in [6.07, 6.45) is 6.72. The molecule has 7 nitrogen and oxygen atoms in total. The smallest absolute Gasteiger partial charge is 0.244 e. The van der Waals surface area contributed by atoms with Crippen LogP contribution >= 0.6 is 23.2 Å². The lowest BCUT2D eigenvalue weighted by Gasteiger charge is -2.33. The van der Waals surface area contributed by atoms with Gasteiger partial charge in [0.05, 0.1) is 11.9 Å². The highest BCUT2D eigenvalue weighted by atomic mass is 35.5. The van der Waals surface area contributed by atoms with Crippen LogP contribution in [0.2, 0.25) is 10.0 Å². The molecule has 0 aliphatic heterocycles. The van der Waals surface area contributed by atoms with Gasteiger partial charge in [0.2, 0.25) is 21.8 Å². The number of halogens is 2. The summed E-state index contributed by atoms with van der Waals surface area (Å²) in [6.45, 7) is 3.07. The molecule has 0 spiro atoms. The van der Waals surface area contributed by atoms with Gasteiger partial charge in [0.15, 0.2) is 0 Å². The summed E-state index contributed by atoms with van der Waals surface area (Å²) in [5.41, 5.74) is 1.73. The Morgan fingerprint density at radius 2 is 1.65 bits per heavy atom. The number of amides is 2. The topological polar surface area (TPSA) is 86.8 Å². The lowest BCUT2D eigenvalue weighted by atomic mass is 9.95. The molecule has 10 heteroatoms. The minimum Gasteiger partial charge on any atom is -0.352 e. The Balaban J connectivity index is 1.94. The number of rotatable bonds is 10. The third kappa shape index (κ3) is 7.62. The molecule has 2 amide bonds. The zero-order valence-electron chi connectivity index (χ0n) is 21.5. The Morgan fingerprint density at radius 3 is 2.24 bits per heavy atom. The lowest BCUT2D eigenvalue weighted by molar-refractivity contribution is -0.139. The number of carbonyl (C=O) groups excluding carboxylic acids is 2. The van der Waals surface area contributed by atoms with Crippen molar-refractivity contribution in [3.05, 3.63) is 63.6 Å². The summed E-state index contributed by atoms with van der Waals surface area (Å²) < 4.78 is 26.7. The number of nitrogens with one attached hydrogen (secondary N) is 1. The highest BCUT2D eigenvalue weighted by Crippen LogP contribution is 2.28. The SMILES string of the molecule is CCc1ccccc1N(CC(=O)N(Cc1c(Cl)cccc1Cl)C(C)C(=O)NC1CCCCC1)S(C)(=O)=O. The highest BCUT2D eigenvalue weighted by Gasteiger charge is 2.32. The molecule has 2 aromatic carbocycles. The van der Waals surface area contributed by atoms with Gasteiger partial charge in [-0.1, -0.05) is 73.7 Å². The number of sulfonamides is 1. The summed E-state index contributed by atoms with van der Waals surface area (Å²) in [5, 5.41) is 3.80. The van der Waals surface area contributed by atoms with Crippen molar-refractivity contribution in [3.63, 3.8) is 0 Å². The van der Waals surface area contributed by atoms with E-state index in [2.05, 4.69) is 5.32 Å². The summed E-state index contributed by atoms with van der Waals surface area (Å²) >= 11 is 12.8. The first-order valence-corrected chi connectivity index (χ1v) is 15.2. The van der Waals surface area contributed by atoms with Crippen LogP contribution in [0.3, 0.4) is 0 Å². The first kappa shape index (κ1) is 29.3. The van der Waals surface area contributed by atoms with Crippen LogP contribution in [-0.4, -0.2) is 50.0 Å². The number of carbonyl (C=O) groups is 2. The van der Waals surface area contributed by atoms with E-state index in [9.17, 15) is 18.0 Å². The van der Waals surface area contributed by atoms with E-state index in [1.807, 2.05) is 19.1 Å². The van der Waals surface area contributed by atoms with Crippen molar-refractivity contribution in [1.82, 2.24) is 10.2 Å². The first-order valence-electron chi connectivity index (χ1n) is 12.6. The molecule has 0 aromatic heterocycles. The van der Waals surface area contributed by atoms with Gasteiger partial charge < -0.3 is 10.2 Å². The molecular formula is C27H35Cl2N3O4S. The standard InChI is InChI=1S/C27H35Cl2N3O4S/c1-4-20-11-8-9-16-25(20)32(37(3,35)36)18-26(33)31(17-22-23(28)14-10-15-24(22)29)19(2)27(34)30-21-12-6-5-7-13-21/h8-11,14-16,19,21H,4-7,12-13,17-18H2,1-3H3,(H,30,34). The van der Waals surface area contributed by atoms with Gasteiger partial charge in [-0.05, 0) is 49.9 Å². The van der Waals surface area contributed by atoms with Crippen LogP contribution in [0, 0.1) is 0 Å².